The zero-order chi connectivity index (χ0) is 40.6. The molecule has 2 N–H and O–H groups in total. The molecular weight excluding hydrogens is 788 g/mol. The van der Waals surface area contributed by atoms with Crippen LogP contribution in [0.5, 0.6) is 0 Å². The van der Waals surface area contributed by atoms with Gasteiger partial charge in [-0.3, -0.25) is 14.8 Å². The number of nitrogens with one attached hydrogen (secondary N) is 2. The molecule has 0 aliphatic heterocycles. The minimum absolute atomic E-state index is 0.0973. The van der Waals surface area contributed by atoms with Crippen molar-refractivity contribution in [1.29, 1.82) is 0 Å². The number of sulfonamides is 1. The largest absolute Gasteiger partial charge is 0.376 e. The highest BCUT2D eigenvalue weighted by Crippen LogP contribution is 2.36. The van der Waals surface area contributed by atoms with E-state index in [2.05, 4.69) is 67.4 Å². The Labute approximate surface area is 349 Å². The summed E-state index contributed by atoms with van der Waals surface area (Å²) in [5.74, 6) is 1.27. The molecule has 58 heavy (non-hydrogen) atoms. The van der Waals surface area contributed by atoms with Crippen molar-refractivity contribution in [2.75, 3.05) is 36.4 Å². The van der Waals surface area contributed by atoms with Gasteiger partial charge in [-0.15, -0.1) is 11.8 Å². The summed E-state index contributed by atoms with van der Waals surface area (Å²) in [4.78, 5) is 23.4. The topological polar surface area (TPSA) is 130 Å². The first-order valence-electron chi connectivity index (χ1n) is 19.2. The summed E-state index contributed by atoms with van der Waals surface area (Å²) in [5.41, 5.74) is 6.50. The van der Waals surface area contributed by atoms with Crippen LogP contribution in [0.3, 0.4) is 0 Å². The average Bonchev–Trinajstić information content (AvgIpc) is 3.23. The Morgan fingerprint density at radius 3 is 2.43 bits per heavy atom. The van der Waals surface area contributed by atoms with Crippen LogP contribution in [-0.2, 0) is 16.4 Å². The van der Waals surface area contributed by atoms with Gasteiger partial charge in [0.2, 0.25) is 0 Å². The first-order valence-corrected chi connectivity index (χ1v) is 22.1. The summed E-state index contributed by atoms with van der Waals surface area (Å²) in [6, 6.07) is 36.1. The van der Waals surface area contributed by atoms with Crippen LogP contribution in [0, 0.1) is 16.0 Å². The number of thioether (sulfide) groups is 1. The number of nitro benzene ring substituents is 1. The molecule has 1 aromatic heterocycles. The molecule has 0 fully saturated rings. The quantitative estimate of drug-likeness (QED) is 0.0556. The third-order valence-corrected chi connectivity index (χ3v) is 13.2. The first-order chi connectivity index (χ1) is 28.0. The molecule has 2 atom stereocenters. The highest BCUT2D eigenvalue weighted by molar-refractivity contribution is 7.99. The van der Waals surface area contributed by atoms with Crippen molar-refractivity contribution in [3.8, 4) is 11.1 Å². The van der Waals surface area contributed by atoms with Gasteiger partial charge < -0.3 is 10.2 Å². The van der Waals surface area contributed by atoms with Crippen molar-refractivity contribution in [3.05, 3.63) is 154 Å². The lowest BCUT2D eigenvalue weighted by atomic mass is 9.82. The van der Waals surface area contributed by atoms with Crippen LogP contribution in [0.25, 0.3) is 27.6 Å². The Bertz CT molecular complexity index is 2540. The second kappa shape index (κ2) is 18.5. The van der Waals surface area contributed by atoms with Gasteiger partial charge in [0.25, 0.3) is 15.7 Å². The SMILES string of the molecule is CN(C)CCC(CSc1ccccc1)Nc1ccc(S(=O)(=O)Nc2ncnc3cc(C4=CCC(Cc5ccccc5-c5ccc(Cl)cc5)CC4)ccc23)cc1[N+](=O)[O-]. The van der Waals surface area contributed by atoms with Crippen LogP contribution in [0.1, 0.15) is 36.8 Å². The van der Waals surface area contributed by atoms with E-state index in [-0.39, 0.29) is 28.1 Å². The standard InChI is InChI=1S/C45H45ClN6O4S2/c1-51(2)25-24-37(29-57-38-9-4-3-5-10-38)49-42-23-21-39(28-44(42)52(53)54)58(55,56)50-45-41-22-18-34(27-43(41)47-30-48-45)32-14-12-31(13-15-32)26-35-8-6-7-11-40(35)33-16-19-36(46)20-17-33/h3-11,14,16-23,27-28,30-31,37,49H,12-13,15,24-26,29H2,1-2H3,(H,47,48,50). The number of anilines is 2. The molecule has 0 saturated heterocycles. The normalized spacial score (nSPS) is 14.9. The average molecular weight is 833 g/mol. The predicted octanol–water partition coefficient (Wildman–Crippen LogP) is 10.6. The molecule has 0 spiro atoms. The van der Waals surface area contributed by atoms with Crippen LogP contribution >= 0.6 is 23.4 Å². The van der Waals surface area contributed by atoms with E-state index < -0.39 is 14.9 Å². The van der Waals surface area contributed by atoms with Gasteiger partial charge in [0.05, 0.1) is 15.3 Å². The van der Waals surface area contributed by atoms with Crippen LogP contribution in [0.15, 0.2) is 137 Å². The molecule has 5 aromatic carbocycles. The molecule has 0 bridgehead atoms. The molecule has 0 amide bonds. The number of nitrogens with zero attached hydrogens (tertiary/aromatic N) is 4. The van der Waals surface area contributed by atoms with Crippen LogP contribution in [0.4, 0.5) is 17.2 Å². The molecule has 1 heterocycles. The molecule has 298 valence electrons. The third kappa shape index (κ3) is 10.2. The summed E-state index contributed by atoms with van der Waals surface area (Å²) < 4.78 is 30.1. The Kier molecular flexibility index (Phi) is 13.1. The predicted molar refractivity (Wildman–Crippen MR) is 237 cm³/mol. The Morgan fingerprint density at radius 2 is 1.69 bits per heavy atom. The smallest absolute Gasteiger partial charge is 0.293 e. The molecule has 0 saturated carbocycles. The molecule has 13 heteroatoms. The number of allylic oxidation sites excluding steroid dienone is 2. The maximum absolute atomic E-state index is 13.7. The number of benzene rings is 5. The molecule has 0 radical (unpaired) electrons. The van der Waals surface area contributed by atoms with Crippen molar-refractivity contribution in [2.24, 2.45) is 5.92 Å². The van der Waals surface area contributed by atoms with E-state index in [4.69, 9.17) is 11.6 Å². The summed E-state index contributed by atoms with van der Waals surface area (Å²) in [7, 11) is -0.304. The number of halogens is 1. The van der Waals surface area contributed by atoms with E-state index in [9.17, 15) is 18.5 Å². The van der Waals surface area contributed by atoms with E-state index in [1.54, 1.807) is 11.8 Å². The van der Waals surface area contributed by atoms with E-state index in [1.807, 2.05) is 74.8 Å². The highest BCUT2D eigenvalue weighted by atomic mass is 35.5. The van der Waals surface area contributed by atoms with Crippen LogP contribution in [0.2, 0.25) is 5.02 Å². The third-order valence-electron chi connectivity index (χ3n) is 10.4. The van der Waals surface area contributed by atoms with Gasteiger partial charge in [-0.1, -0.05) is 78.3 Å². The lowest BCUT2D eigenvalue weighted by Gasteiger charge is -2.23. The van der Waals surface area contributed by atoms with E-state index >= 15 is 0 Å². The Balaban J connectivity index is 1.05. The van der Waals surface area contributed by atoms with Crippen molar-refractivity contribution < 1.29 is 13.3 Å². The minimum atomic E-state index is -4.26. The summed E-state index contributed by atoms with van der Waals surface area (Å²) >= 11 is 7.80. The second-order valence-corrected chi connectivity index (χ2v) is 18.0. The van der Waals surface area contributed by atoms with Crippen LogP contribution < -0.4 is 10.0 Å². The van der Waals surface area contributed by atoms with Gasteiger partial charge in [-0.2, -0.15) is 0 Å². The van der Waals surface area contributed by atoms with Gasteiger partial charge in [-0.05, 0) is 135 Å². The summed E-state index contributed by atoms with van der Waals surface area (Å²) in [5, 5.41) is 16.9. The monoisotopic (exact) mass is 832 g/mol. The number of fused-ring (bicyclic) bond motifs is 1. The van der Waals surface area contributed by atoms with E-state index in [1.165, 1.54) is 35.2 Å². The van der Waals surface area contributed by atoms with Gasteiger partial charge >= 0.3 is 0 Å². The molecule has 1 aliphatic rings. The van der Waals surface area contributed by atoms with Crippen molar-refractivity contribution in [1.82, 2.24) is 14.9 Å². The zero-order valence-corrected chi connectivity index (χ0v) is 34.7. The van der Waals surface area contributed by atoms with Gasteiger partial charge in [0.15, 0.2) is 5.82 Å². The molecule has 7 rings (SSSR count). The lowest BCUT2D eigenvalue weighted by molar-refractivity contribution is -0.384. The molecule has 2 unspecified atom stereocenters. The lowest BCUT2D eigenvalue weighted by Crippen LogP contribution is -2.28. The molecule has 10 nitrogen and oxygen atoms in total. The highest BCUT2D eigenvalue weighted by Gasteiger charge is 2.25. The van der Waals surface area contributed by atoms with Crippen LogP contribution in [-0.4, -0.2) is 60.6 Å². The number of hydrogen-bond acceptors (Lipinski definition) is 9. The van der Waals surface area contributed by atoms with Gasteiger partial charge in [-0.25, -0.2) is 18.4 Å². The van der Waals surface area contributed by atoms with Crippen molar-refractivity contribution in [2.45, 2.75) is 47.9 Å². The van der Waals surface area contributed by atoms with Crippen molar-refractivity contribution in [3.63, 3.8) is 0 Å². The second-order valence-electron chi connectivity index (χ2n) is 14.8. The number of rotatable bonds is 16. The van der Waals surface area contributed by atoms with Gasteiger partial charge in [0.1, 0.15) is 12.0 Å². The fraction of sp³-hybridized carbons (Fsp3) is 0.244. The van der Waals surface area contributed by atoms with E-state index in [0.29, 0.717) is 22.6 Å². The molecular formula is C45H45ClN6O4S2. The minimum Gasteiger partial charge on any atom is -0.376 e. The summed E-state index contributed by atoms with van der Waals surface area (Å²) in [6.45, 7) is 0.769. The van der Waals surface area contributed by atoms with Crippen molar-refractivity contribution >= 4 is 67.1 Å². The maximum Gasteiger partial charge on any atom is 0.293 e. The number of nitro groups is 1. The number of hydrogen-bond donors (Lipinski definition) is 2. The first kappa shape index (κ1) is 40.9. The van der Waals surface area contributed by atoms with Gasteiger partial charge in [0, 0.05) is 33.2 Å². The summed E-state index contributed by atoms with van der Waals surface area (Å²) in [6.07, 6.45) is 8.23. The number of aromatic nitrogens is 2. The fourth-order valence-electron chi connectivity index (χ4n) is 7.28. The van der Waals surface area contributed by atoms with E-state index in [0.717, 1.165) is 65.8 Å². The zero-order valence-electron chi connectivity index (χ0n) is 32.3. The Hall–Kier alpha value is -5.27. The maximum atomic E-state index is 13.7. The molecule has 1 aliphatic carbocycles. The Morgan fingerprint density at radius 1 is 0.931 bits per heavy atom. The molecule has 6 aromatic rings. The fourth-order valence-corrected chi connectivity index (χ4v) is 9.45.